The van der Waals surface area contributed by atoms with Crippen molar-refractivity contribution in [2.75, 3.05) is 13.0 Å². The van der Waals surface area contributed by atoms with Crippen LogP contribution < -0.4 is 15.3 Å². The first-order valence-electron chi connectivity index (χ1n) is 4.18. The highest BCUT2D eigenvalue weighted by Crippen LogP contribution is 2.26. The smallest absolute Gasteiger partial charge is 0.299 e. The van der Waals surface area contributed by atoms with E-state index in [0.29, 0.717) is 23.1 Å². The standard InChI is InChI=1S/C9H9N3O3/c1-14-6-2-3-7-8(4-6)12(10)11-9(7)15-5-13/h2-5H,10H2,1H3. The second kappa shape index (κ2) is 3.49. The van der Waals surface area contributed by atoms with E-state index < -0.39 is 0 Å². The van der Waals surface area contributed by atoms with Gasteiger partial charge < -0.3 is 15.3 Å². The summed E-state index contributed by atoms with van der Waals surface area (Å²) in [6, 6.07) is 5.17. The molecule has 78 valence electrons. The lowest BCUT2D eigenvalue weighted by Crippen LogP contribution is -2.09. The summed E-state index contributed by atoms with van der Waals surface area (Å²) >= 11 is 0. The van der Waals surface area contributed by atoms with E-state index >= 15 is 0 Å². The molecule has 1 aromatic heterocycles. The number of hydrogen-bond acceptors (Lipinski definition) is 5. The first-order valence-corrected chi connectivity index (χ1v) is 4.18. The quantitative estimate of drug-likeness (QED) is 0.578. The molecule has 2 N–H and O–H groups in total. The van der Waals surface area contributed by atoms with Gasteiger partial charge in [0, 0.05) is 6.07 Å². The third-order valence-electron chi connectivity index (χ3n) is 2.04. The molecule has 0 aliphatic carbocycles. The molecule has 6 heteroatoms. The van der Waals surface area contributed by atoms with Gasteiger partial charge in [0.2, 0.25) is 0 Å². The van der Waals surface area contributed by atoms with Gasteiger partial charge in [-0.05, 0) is 12.1 Å². The molecule has 0 atom stereocenters. The molecule has 0 spiro atoms. The fourth-order valence-electron chi connectivity index (χ4n) is 1.35. The Morgan fingerprint density at radius 1 is 1.53 bits per heavy atom. The summed E-state index contributed by atoms with van der Waals surface area (Å²) in [7, 11) is 1.56. The molecular weight excluding hydrogens is 198 g/mol. The Kier molecular flexibility index (Phi) is 2.17. The van der Waals surface area contributed by atoms with Gasteiger partial charge >= 0.3 is 0 Å². The van der Waals surface area contributed by atoms with Gasteiger partial charge in [-0.25, -0.2) is 0 Å². The fourth-order valence-corrected chi connectivity index (χ4v) is 1.35. The van der Waals surface area contributed by atoms with Crippen molar-refractivity contribution in [3.8, 4) is 11.6 Å². The van der Waals surface area contributed by atoms with Crippen molar-refractivity contribution in [2.24, 2.45) is 0 Å². The van der Waals surface area contributed by atoms with Gasteiger partial charge in [-0.15, -0.1) is 5.10 Å². The minimum Gasteiger partial charge on any atom is -0.497 e. The van der Waals surface area contributed by atoms with Gasteiger partial charge in [0.05, 0.1) is 18.0 Å². The Bertz CT molecular complexity index is 507. The Balaban J connectivity index is 2.63. The largest absolute Gasteiger partial charge is 0.497 e. The topological polar surface area (TPSA) is 79.4 Å². The Morgan fingerprint density at radius 3 is 3.00 bits per heavy atom. The van der Waals surface area contributed by atoms with Crippen LogP contribution in [0.5, 0.6) is 11.6 Å². The highest BCUT2D eigenvalue weighted by atomic mass is 16.5. The Labute approximate surface area is 85.1 Å². The fraction of sp³-hybridized carbons (Fsp3) is 0.111. The van der Waals surface area contributed by atoms with E-state index in [2.05, 4.69) is 9.84 Å². The predicted octanol–water partition coefficient (Wildman–Crippen LogP) is 0.294. The van der Waals surface area contributed by atoms with E-state index in [1.165, 1.54) is 0 Å². The maximum Gasteiger partial charge on any atom is 0.299 e. The monoisotopic (exact) mass is 207 g/mol. The van der Waals surface area contributed by atoms with E-state index in [1.54, 1.807) is 25.3 Å². The second-order valence-corrected chi connectivity index (χ2v) is 2.85. The number of nitrogens with zero attached hydrogens (tertiary/aromatic N) is 2. The van der Waals surface area contributed by atoms with Crippen LogP contribution in [0.3, 0.4) is 0 Å². The number of benzene rings is 1. The molecule has 1 heterocycles. The van der Waals surface area contributed by atoms with Crippen LogP contribution in [0.15, 0.2) is 18.2 Å². The molecular formula is C9H9N3O3. The van der Waals surface area contributed by atoms with E-state index in [1.807, 2.05) is 0 Å². The van der Waals surface area contributed by atoms with Gasteiger partial charge in [-0.3, -0.25) is 4.79 Å². The summed E-state index contributed by atoms with van der Waals surface area (Å²) in [5.41, 5.74) is 0.631. The van der Waals surface area contributed by atoms with Crippen molar-refractivity contribution >= 4 is 17.4 Å². The number of methoxy groups -OCH3 is 1. The van der Waals surface area contributed by atoms with Crippen molar-refractivity contribution < 1.29 is 14.3 Å². The average Bonchev–Trinajstić information content (AvgIpc) is 2.56. The maximum atomic E-state index is 10.2. The SMILES string of the molecule is COc1ccc2c(OC=O)nn(N)c2c1. The van der Waals surface area contributed by atoms with Crippen molar-refractivity contribution in [3.63, 3.8) is 0 Å². The third kappa shape index (κ3) is 1.45. The normalized spacial score (nSPS) is 10.2. The van der Waals surface area contributed by atoms with Crippen LogP contribution in [-0.4, -0.2) is 23.5 Å². The minimum atomic E-state index is 0.185. The van der Waals surface area contributed by atoms with Crippen LogP contribution >= 0.6 is 0 Å². The lowest BCUT2D eigenvalue weighted by atomic mass is 10.2. The number of nitrogen functional groups attached to an aromatic ring is 1. The summed E-state index contributed by atoms with van der Waals surface area (Å²) in [5.74, 6) is 6.43. The summed E-state index contributed by atoms with van der Waals surface area (Å²) in [5, 5.41) is 4.50. The van der Waals surface area contributed by atoms with Crippen LogP contribution in [0.1, 0.15) is 0 Å². The van der Waals surface area contributed by atoms with Gasteiger partial charge in [0.1, 0.15) is 5.75 Å². The van der Waals surface area contributed by atoms with Crippen molar-refractivity contribution in [1.82, 2.24) is 9.89 Å². The Hall–Kier alpha value is -2.24. The molecule has 0 aliphatic rings. The summed E-state index contributed by atoms with van der Waals surface area (Å²) < 4.78 is 9.72. The van der Waals surface area contributed by atoms with Crippen LogP contribution in [0.4, 0.5) is 0 Å². The van der Waals surface area contributed by atoms with Gasteiger partial charge in [0.15, 0.2) is 0 Å². The first-order chi connectivity index (χ1) is 7.26. The van der Waals surface area contributed by atoms with Crippen molar-refractivity contribution in [1.29, 1.82) is 0 Å². The molecule has 0 fully saturated rings. The zero-order chi connectivity index (χ0) is 10.8. The molecule has 0 saturated heterocycles. The lowest BCUT2D eigenvalue weighted by molar-refractivity contribution is -0.120. The van der Waals surface area contributed by atoms with Gasteiger partial charge in [0.25, 0.3) is 12.4 Å². The summed E-state index contributed by atoms with van der Waals surface area (Å²) in [6.45, 7) is 0.312. The predicted molar refractivity (Wildman–Crippen MR) is 53.1 cm³/mol. The molecule has 0 radical (unpaired) electrons. The van der Waals surface area contributed by atoms with E-state index in [4.69, 9.17) is 10.6 Å². The number of rotatable bonds is 3. The second-order valence-electron chi connectivity index (χ2n) is 2.85. The number of fused-ring (bicyclic) bond motifs is 1. The number of aromatic nitrogens is 2. The van der Waals surface area contributed by atoms with Gasteiger partial charge in [-0.2, -0.15) is 4.79 Å². The zero-order valence-corrected chi connectivity index (χ0v) is 8.01. The third-order valence-corrected chi connectivity index (χ3v) is 2.04. The highest BCUT2D eigenvalue weighted by Gasteiger charge is 2.10. The Morgan fingerprint density at radius 2 is 2.33 bits per heavy atom. The molecule has 2 rings (SSSR count). The number of carbonyl (C=O) groups is 1. The van der Waals surface area contributed by atoms with Crippen molar-refractivity contribution in [2.45, 2.75) is 0 Å². The van der Waals surface area contributed by atoms with E-state index in [9.17, 15) is 4.79 Å². The van der Waals surface area contributed by atoms with E-state index in [0.717, 1.165) is 4.79 Å². The highest BCUT2D eigenvalue weighted by molar-refractivity contribution is 5.86. The molecule has 1 aromatic carbocycles. The minimum absolute atomic E-state index is 0.185. The number of carbonyl (C=O) groups excluding carboxylic acids is 1. The maximum absolute atomic E-state index is 10.2. The summed E-state index contributed by atoms with van der Waals surface area (Å²) in [4.78, 5) is 11.3. The molecule has 2 aromatic rings. The molecule has 0 saturated carbocycles. The molecule has 0 aliphatic heterocycles. The van der Waals surface area contributed by atoms with Crippen molar-refractivity contribution in [3.05, 3.63) is 18.2 Å². The summed E-state index contributed by atoms with van der Waals surface area (Å²) in [6.07, 6.45) is 0. The molecule has 6 nitrogen and oxygen atoms in total. The lowest BCUT2D eigenvalue weighted by Gasteiger charge is -1.99. The molecule has 0 bridgehead atoms. The molecule has 0 unspecified atom stereocenters. The molecule has 0 amide bonds. The first kappa shape index (κ1) is 9.32. The van der Waals surface area contributed by atoms with Crippen LogP contribution in [0.25, 0.3) is 10.9 Å². The van der Waals surface area contributed by atoms with E-state index in [-0.39, 0.29) is 5.88 Å². The zero-order valence-electron chi connectivity index (χ0n) is 8.01. The number of hydrogen-bond donors (Lipinski definition) is 1. The van der Waals surface area contributed by atoms with Crippen LogP contribution in [-0.2, 0) is 4.79 Å². The van der Waals surface area contributed by atoms with Crippen LogP contribution in [0, 0.1) is 0 Å². The molecule has 15 heavy (non-hydrogen) atoms. The average molecular weight is 207 g/mol. The van der Waals surface area contributed by atoms with Crippen LogP contribution in [0.2, 0.25) is 0 Å². The number of ether oxygens (including phenoxy) is 2. The number of nitrogens with two attached hydrogens (primary N) is 1. The van der Waals surface area contributed by atoms with Gasteiger partial charge in [-0.1, -0.05) is 0 Å².